The van der Waals surface area contributed by atoms with E-state index in [9.17, 15) is 13.2 Å². The Kier molecular flexibility index (Phi) is 4.71. The Bertz CT molecular complexity index is 972. The minimum Gasteiger partial charge on any atom is -0.461 e. The zero-order valence-corrected chi connectivity index (χ0v) is 14.2. The summed E-state index contributed by atoms with van der Waals surface area (Å²) in [7, 11) is -3.18. The number of hydrogen-bond donors (Lipinski definition) is 0. The van der Waals surface area contributed by atoms with Gasteiger partial charge in [0.05, 0.1) is 17.6 Å². The van der Waals surface area contributed by atoms with Gasteiger partial charge >= 0.3 is 5.97 Å². The molecule has 0 fully saturated rings. The summed E-state index contributed by atoms with van der Waals surface area (Å²) in [4.78, 5) is 12.1. The molecule has 0 amide bonds. The number of nitrogens with zero attached hydrogens (tertiary/aromatic N) is 1. The van der Waals surface area contributed by atoms with Crippen molar-refractivity contribution in [1.82, 2.24) is 5.16 Å². The van der Waals surface area contributed by atoms with Crippen molar-refractivity contribution in [1.29, 1.82) is 0 Å². The van der Waals surface area contributed by atoms with Gasteiger partial charge in [0.15, 0.2) is 15.6 Å². The van der Waals surface area contributed by atoms with E-state index in [0.29, 0.717) is 22.8 Å². The van der Waals surface area contributed by atoms with Crippen molar-refractivity contribution in [3.63, 3.8) is 0 Å². The van der Waals surface area contributed by atoms with E-state index in [1.807, 2.05) is 0 Å². The molecule has 0 bridgehead atoms. The number of esters is 1. The number of carbonyl (C=O) groups is 1. The summed E-state index contributed by atoms with van der Waals surface area (Å²) in [6.07, 6.45) is 2.65. The second-order valence-electron chi connectivity index (χ2n) is 5.51. The van der Waals surface area contributed by atoms with E-state index in [-0.39, 0.29) is 17.9 Å². The van der Waals surface area contributed by atoms with Gasteiger partial charge < -0.3 is 13.7 Å². The van der Waals surface area contributed by atoms with Gasteiger partial charge in [-0.25, -0.2) is 13.2 Å². The molecule has 0 aliphatic carbocycles. The molecule has 7 nitrogen and oxygen atoms in total. The van der Waals surface area contributed by atoms with Crippen molar-refractivity contribution in [3.8, 4) is 11.5 Å². The Morgan fingerprint density at radius 1 is 1.16 bits per heavy atom. The van der Waals surface area contributed by atoms with Gasteiger partial charge in [0.25, 0.3) is 0 Å². The molecule has 3 aromatic rings. The first-order valence-corrected chi connectivity index (χ1v) is 9.40. The maximum Gasteiger partial charge on any atom is 0.338 e. The van der Waals surface area contributed by atoms with Gasteiger partial charge in [0.1, 0.15) is 12.3 Å². The van der Waals surface area contributed by atoms with E-state index in [1.54, 1.807) is 36.4 Å². The molecule has 0 radical (unpaired) electrons. The molecule has 0 unspecified atom stereocenters. The maximum atomic E-state index is 12.1. The van der Waals surface area contributed by atoms with Gasteiger partial charge in [-0.05, 0) is 29.8 Å². The highest BCUT2D eigenvalue weighted by molar-refractivity contribution is 7.89. The number of aromatic nitrogens is 1. The molecule has 0 saturated heterocycles. The second kappa shape index (κ2) is 6.94. The number of furan rings is 1. The summed E-state index contributed by atoms with van der Waals surface area (Å²) in [5, 5.41) is 3.81. The largest absolute Gasteiger partial charge is 0.461 e. The van der Waals surface area contributed by atoms with Crippen LogP contribution < -0.4 is 0 Å². The lowest BCUT2D eigenvalue weighted by molar-refractivity contribution is 0.0464. The average molecular weight is 361 g/mol. The van der Waals surface area contributed by atoms with E-state index >= 15 is 0 Å². The molecule has 1 aromatic carbocycles. The predicted molar refractivity (Wildman–Crippen MR) is 88.3 cm³/mol. The number of rotatable bonds is 6. The molecule has 2 aromatic heterocycles. The number of sulfone groups is 1. The third-order valence-corrected chi connectivity index (χ3v) is 4.12. The van der Waals surface area contributed by atoms with Crippen LogP contribution >= 0.6 is 0 Å². The standard InChI is InChI=1S/C17H15NO6S/c1-25(20,21)11-12-4-2-5-13(8-12)17(19)23-10-14-9-16(24-18-14)15-6-3-7-22-15/h2-9H,10-11H2,1H3. The molecule has 8 heteroatoms. The summed E-state index contributed by atoms with van der Waals surface area (Å²) in [6.45, 7) is -0.0701. The van der Waals surface area contributed by atoms with Crippen LogP contribution in [-0.2, 0) is 26.9 Å². The quantitative estimate of drug-likeness (QED) is 0.622. The minimum atomic E-state index is -3.18. The molecule has 130 valence electrons. The van der Waals surface area contributed by atoms with Crippen LogP contribution in [0.25, 0.3) is 11.5 Å². The molecule has 2 heterocycles. The fraction of sp³-hybridized carbons (Fsp3) is 0.176. The van der Waals surface area contributed by atoms with Crippen LogP contribution in [0.2, 0.25) is 0 Å². The molecule has 0 aliphatic rings. The molecule has 0 N–H and O–H groups in total. The van der Waals surface area contributed by atoms with E-state index in [2.05, 4.69) is 5.16 Å². The number of carbonyl (C=O) groups excluding carboxylic acids is 1. The van der Waals surface area contributed by atoms with Crippen LogP contribution in [-0.4, -0.2) is 25.8 Å². The van der Waals surface area contributed by atoms with Crippen LogP contribution in [0.3, 0.4) is 0 Å². The normalized spacial score (nSPS) is 11.4. The van der Waals surface area contributed by atoms with Crippen LogP contribution in [0.1, 0.15) is 21.6 Å². The van der Waals surface area contributed by atoms with Gasteiger partial charge in [-0.2, -0.15) is 0 Å². The van der Waals surface area contributed by atoms with Gasteiger partial charge in [-0.1, -0.05) is 17.3 Å². The lowest BCUT2D eigenvalue weighted by Gasteiger charge is -2.05. The first-order valence-electron chi connectivity index (χ1n) is 7.34. The lowest BCUT2D eigenvalue weighted by atomic mass is 10.1. The van der Waals surface area contributed by atoms with E-state index in [1.165, 1.54) is 12.3 Å². The van der Waals surface area contributed by atoms with Gasteiger partial charge in [0, 0.05) is 12.3 Å². The van der Waals surface area contributed by atoms with Gasteiger partial charge in [0.2, 0.25) is 5.76 Å². The third-order valence-electron chi connectivity index (χ3n) is 3.27. The Morgan fingerprint density at radius 3 is 2.72 bits per heavy atom. The van der Waals surface area contributed by atoms with E-state index in [4.69, 9.17) is 13.7 Å². The number of benzene rings is 1. The van der Waals surface area contributed by atoms with Crippen LogP contribution in [0.15, 0.2) is 57.7 Å². The van der Waals surface area contributed by atoms with Crippen molar-refractivity contribution in [2.75, 3.05) is 6.26 Å². The molecule has 3 rings (SSSR count). The topological polar surface area (TPSA) is 99.6 Å². The predicted octanol–water partition coefficient (Wildman–Crippen LogP) is 2.84. The highest BCUT2D eigenvalue weighted by atomic mass is 32.2. The highest BCUT2D eigenvalue weighted by Crippen LogP contribution is 2.21. The van der Waals surface area contributed by atoms with E-state index in [0.717, 1.165) is 6.26 Å². The molecule has 0 spiro atoms. The highest BCUT2D eigenvalue weighted by Gasteiger charge is 2.13. The van der Waals surface area contributed by atoms with Crippen molar-refractivity contribution in [2.45, 2.75) is 12.4 Å². The van der Waals surface area contributed by atoms with Gasteiger partial charge in [-0.15, -0.1) is 0 Å². The summed E-state index contributed by atoms with van der Waals surface area (Å²) in [5.41, 5.74) is 1.24. The van der Waals surface area contributed by atoms with Crippen molar-refractivity contribution in [3.05, 3.63) is 65.5 Å². The SMILES string of the molecule is CS(=O)(=O)Cc1cccc(C(=O)OCc2cc(-c3ccco3)on2)c1. The van der Waals surface area contributed by atoms with Crippen LogP contribution in [0.4, 0.5) is 0 Å². The molecular weight excluding hydrogens is 346 g/mol. The summed E-state index contributed by atoms with van der Waals surface area (Å²) < 4.78 is 38.2. The Balaban J connectivity index is 1.64. The average Bonchev–Trinajstić information content (AvgIpc) is 3.22. The van der Waals surface area contributed by atoms with Crippen LogP contribution in [0, 0.1) is 0 Å². The smallest absolute Gasteiger partial charge is 0.338 e. The molecular formula is C17H15NO6S. The van der Waals surface area contributed by atoms with Crippen molar-refractivity contribution in [2.24, 2.45) is 0 Å². The Morgan fingerprint density at radius 2 is 2.00 bits per heavy atom. The summed E-state index contributed by atoms with van der Waals surface area (Å²) in [6, 6.07) is 11.4. The molecule has 0 saturated carbocycles. The Labute approximate surface area is 144 Å². The monoisotopic (exact) mass is 361 g/mol. The fourth-order valence-corrected chi connectivity index (χ4v) is 3.01. The van der Waals surface area contributed by atoms with Crippen LogP contribution in [0.5, 0.6) is 0 Å². The Hall–Kier alpha value is -2.87. The molecule has 0 atom stereocenters. The first kappa shape index (κ1) is 17.0. The number of ether oxygens (including phenoxy) is 1. The van der Waals surface area contributed by atoms with Gasteiger partial charge in [-0.3, -0.25) is 0 Å². The molecule has 0 aliphatic heterocycles. The second-order valence-corrected chi connectivity index (χ2v) is 7.65. The first-order chi connectivity index (χ1) is 11.9. The number of hydrogen-bond acceptors (Lipinski definition) is 7. The zero-order valence-electron chi connectivity index (χ0n) is 13.3. The van der Waals surface area contributed by atoms with E-state index < -0.39 is 15.8 Å². The van der Waals surface area contributed by atoms with Crippen molar-refractivity contribution < 1.29 is 26.9 Å². The third kappa shape index (κ3) is 4.57. The van der Waals surface area contributed by atoms with Crippen molar-refractivity contribution >= 4 is 15.8 Å². The summed E-state index contributed by atoms with van der Waals surface area (Å²) in [5.74, 6) is 0.256. The minimum absolute atomic E-state index is 0.0701. The molecule has 25 heavy (non-hydrogen) atoms. The maximum absolute atomic E-state index is 12.1. The fourth-order valence-electron chi connectivity index (χ4n) is 2.23. The lowest BCUT2D eigenvalue weighted by Crippen LogP contribution is -2.07. The summed E-state index contributed by atoms with van der Waals surface area (Å²) >= 11 is 0. The zero-order chi connectivity index (χ0) is 17.9.